The summed E-state index contributed by atoms with van der Waals surface area (Å²) in [6, 6.07) is 4.33. The van der Waals surface area contributed by atoms with Crippen LogP contribution in [-0.4, -0.2) is 61.7 Å². The summed E-state index contributed by atoms with van der Waals surface area (Å²) in [7, 11) is 0. The van der Waals surface area contributed by atoms with Crippen molar-refractivity contribution in [2.75, 3.05) is 45.8 Å². The first-order valence-corrected chi connectivity index (χ1v) is 6.41. The van der Waals surface area contributed by atoms with Crippen LogP contribution in [0.15, 0.2) is 0 Å². The highest BCUT2D eigenvalue weighted by Gasteiger charge is 2.28. The first-order chi connectivity index (χ1) is 8.74. The zero-order valence-corrected chi connectivity index (χ0v) is 10.8. The Labute approximate surface area is 109 Å². The molecule has 18 heavy (non-hydrogen) atoms. The Morgan fingerprint density at radius 2 is 1.78 bits per heavy atom. The fourth-order valence-electron chi connectivity index (χ4n) is 2.43. The third-order valence-corrected chi connectivity index (χ3v) is 3.37. The predicted molar refractivity (Wildman–Crippen MR) is 69.2 cm³/mol. The number of nitrogens with zero attached hydrogens (tertiary/aromatic N) is 4. The molecule has 0 aromatic heterocycles. The molecule has 1 aliphatic heterocycles. The smallest absolute Gasteiger partial charge is 0.134 e. The second kappa shape index (κ2) is 8.02. The molecule has 6 nitrogen and oxygen atoms in total. The van der Waals surface area contributed by atoms with Crippen LogP contribution in [-0.2, 0) is 0 Å². The van der Waals surface area contributed by atoms with E-state index >= 15 is 0 Å². The van der Waals surface area contributed by atoms with Crippen LogP contribution in [0.4, 0.5) is 0 Å². The van der Waals surface area contributed by atoms with Gasteiger partial charge in [0, 0.05) is 51.9 Å². The van der Waals surface area contributed by atoms with E-state index in [4.69, 9.17) is 22.0 Å². The minimum Gasteiger partial charge on any atom is -0.329 e. The third-order valence-electron chi connectivity index (χ3n) is 3.37. The summed E-state index contributed by atoms with van der Waals surface area (Å²) in [5.74, 6) is -0.534. The monoisotopic (exact) mass is 250 g/mol. The molecule has 0 aromatic rings. The molecule has 6 heteroatoms. The second-order valence-electron chi connectivity index (χ2n) is 4.61. The highest BCUT2D eigenvalue weighted by atomic mass is 15.3. The molecule has 100 valence electrons. The van der Waals surface area contributed by atoms with Gasteiger partial charge in [-0.05, 0) is 6.42 Å². The van der Waals surface area contributed by atoms with Crippen molar-refractivity contribution in [1.29, 1.82) is 10.5 Å². The molecule has 4 N–H and O–H groups in total. The third kappa shape index (κ3) is 4.25. The quantitative estimate of drug-likeness (QED) is 0.622. The Morgan fingerprint density at radius 3 is 2.33 bits per heavy atom. The van der Waals surface area contributed by atoms with E-state index in [1.807, 2.05) is 12.1 Å². The highest BCUT2D eigenvalue weighted by Crippen LogP contribution is 2.16. The van der Waals surface area contributed by atoms with E-state index in [-0.39, 0.29) is 6.04 Å². The maximum absolute atomic E-state index is 8.89. The molecular formula is C12H22N6. The molecule has 0 aromatic carbocycles. The molecule has 1 aliphatic rings. The van der Waals surface area contributed by atoms with Crippen molar-refractivity contribution in [3.05, 3.63) is 0 Å². The van der Waals surface area contributed by atoms with Gasteiger partial charge in [-0.3, -0.25) is 9.80 Å². The average Bonchev–Trinajstić information content (AvgIpc) is 2.39. The van der Waals surface area contributed by atoms with E-state index in [0.717, 1.165) is 32.7 Å². The van der Waals surface area contributed by atoms with Crippen molar-refractivity contribution in [2.24, 2.45) is 17.4 Å². The molecular weight excluding hydrogens is 228 g/mol. The lowest BCUT2D eigenvalue weighted by Crippen LogP contribution is -2.55. The van der Waals surface area contributed by atoms with Crippen LogP contribution in [0.1, 0.15) is 6.42 Å². The minimum atomic E-state index is -0.534. The number of rotatable bonds is 6. The Morgan fingerprint density at radius 1 is 1.11 bits per heavy atom. The molecule has 1 atom stereocenters. The van der Waals surface area contributed by atoms with E-state index in [1.165, 1.54) is 0 Å². The van der Waals surface area contributed by atoms with E-state index in [9.17, 15) is 0 Å². The summed E-state index contributed by atoms with van der Waals surface area (Å²) in [4.78, 5) is 4.58. The lowest BCUT2D eigenvalue weighted by atomic mass is 9.99. The molecule has 0 amide bonds. The van der Waals surface area contributed by atoms with Crippen molar-refractivity contribution in [1.82, 2.24) is 9.80 Å². The molecule has 1 fully saturated rings. The Balaban J connectivity index is 2.60. The molecule has 0 aliphatic carbocycles. The zero-order chi connectivity index (χ0) is 13.4. The molecule has 1 unspecified atom stereocenters. The van der Waals surface area contributed by atoms with Crippen molar-refractivity contribution in [2.45, 2.75) is 12.5 Å². The van der Waals surface area contributed by atoms with E-state index in [0.29, 0.717) is 19.5 Å². The number of nitrogens with two attached hydrogens (primary N) is 2. The first kappa shape index (κ1) is 14.9. The summed E-state index contributed by atoms with van der Waals surface area (Å²) < 4.78 is 0. The van der Waals surface area contributed by atoms with Crippen molar-refractivity contribution in [3.8, 4) is 12.1 Å². The van der Waals surface area contributed by atoms with Gasteiger partial charge in [-0.1, -0.05) is 0 Å². The molecule has 1 rings (SSSR count). The molecule has 0 spiro atoms. The number of hydrogen-bond acceptors (Lipinski definition) is 6. The standard InChI is InChI=1S/C12H22N6/c13-1-3-17-5-6-18(4-2-14)12(10-17)7-11(8-15)9-16/h11-12H,1-7,10,13-14H2. The molecule has 0 radical (unpaired) electrons. The summed E-state index contributed by atoms with van der Waals surface area (Å²) in [6.07, 6.45) is 0.591. The molecule has 1 saturated heterocycles. The largest absolute Gasteiger partial charge is 0.329 e. The zero-order valence-electron chi connectivity index (χ0n) is 10.8. The van der Waals surface area contributed by atoms with Gasteiger partial charge in [0.2, 0.25) is 0 Å². The Hall–Kier alpha value is -1.18. The van der Waals surface area contributed by atoms with Gasteiger partial charge in [-0.25, -0.2) is 0 Å². The second-order valence-corrected chi connectivity index (χ2v) is 4.61. The highest BCUT2D eigenvalue weighted by molar-refractivity contribution is 5.02. The van der Waals surface area contributed by atoms with Crippen LogP contribution in [0.3, 0.4) is 0 Å². The van der Waals surface area contributed by atoms with Crippen LogP contribution in [0.5, 0.6) is 0 Å². The SMILES string of the molecule is N#CC(C#N)CC1CN(CCN)CCN1CCN. The van der Waals surface area contributed by atoms with Crippen LogP contribution >= 0.6 is 0 Å². The van der Waals surface area contributed by atoms with Gasteiger partial charge in [-0.2, -0.15) is 10.5 Å². The van der Waals surface area contributed by atoms with E-state index in [2.05, 4.69) is 9.80 Å². The van der Waals surface area contributed by atoms with Gasteiger partial charge in [-0.15, -0.1) is 0 Å². The molecule has 1 heterocycles. The molecule has 0 saturated carbocycles. The Bertz CT molecular complexity index is 304. The predicted octanol–water partition coefficient (Wildman–Crippen LogP) is -1.06. The van der Waals surface area contributed by atoms with Crippen molar-refractivity contribution in [3.63, 3.8) is 0 Å². The van der Waals surface area contributed by atoms with Crippen molar-refractivity contribution >= 4 is 0 Å². The fourth-order valence-corrected chi connectivity index (χ4v) is 2.43. The number of piperazine rings is 1. The summed E-state index contributed by atoms with van der Waals surface area (Å²) in [5.41, 5.74) is 11.2. The normalized spacial score (nSPS) is 21.7. The maximum Gasteiger partial charge on any atom is 0.134 e. The van der Waals surface area contributed by atoms with Gasteiger partial charge in [0.25, 0.3) is 0 Å². The summed E-state index contributed by atoms with van der Waals surface area (Å²) in [5, 5.41) is 17.8. The van der Waals surface area contributed by atoms with Crippen LogP contribution in [0.2, 0.25) is 0 Å². The summed E-state index contributed by atoms with van der Waals surface area (Å²) >= 11 is 0. The van der Waals surface area contributed by atoms with Gasteiger partial charge < -0.3 is 11.5 Å². The van der Waals surface area contributed by atoms with Crippen LogP contribution in [0, 0.1) is 28.6 Å². The lowest BCUT2D eigenvalue weighted by molar-refractivity contribution is 0.0712. The van der Waals surface area contributed by atoms with Crippen LogP contribution in [0.25, 0.3) is 0 Å². The van der Waals surface area contributed by atoms with E-state index in [1.54, 1.807) is 0 Å². The van der Waals surface area contributed by atoms with Crippen LogP contribution < -0.4 is 11.5 Å². The molecule has 0 bridgehead atoms. The van der Waals surface area contributed by atoms with E-state index < -0.39 is 5.92 Å². The van der Waals surface area contributed by atoms with Gasteiger partial charge in [0.1, 0.15) is 5.92 Å². The number of hydrogen-bond donors (Lipinski definition) is 2. The topological polar surface area (TPSA) is 106 Å². The van der Waals surface area contributed by atoms with Crippen molar-refractivity contribution < 1.29 is 0 Å². The van der Waals surface area contributed by atoms with Gasteiger partial charge in [0.15, 0.2) is 0 Å². The first-order valence-electron chi connectivity index (χ1n) is 6.41. The van der Waals surface area contributed by atoms with Gasteiger partial charge in [0.05, 0.1) is 12.1 Å². The maximum atomic E-state index is 8.89. The number of nitriles is 2. The average molecular weight is 250 g/mol. The van der Waals surface area contributed by atoms with Gasteiger partial charge >= 0.3 is 0 Å². The minimum absolute atomic E-state index is 0.234. The fraction of sp³-hybridized carbons (Fsp3) is 0.833. The Kier molecular flexibility index (Phi) is 6.63. The lowest BCUT2D eigenvalue weighted by Gasteiger charge is -2.41. The summed E-state index contributed by atoms with van der Waals surface area (Å²) in [6.45, 7) is 5.74.